The summed E-state index contributed by atoms with van der Waals surface area (Å²) in [5.41, 5.74) is -0.0197. The molecular weight excluding hydrogens is 553 g/mol. The topological polar surface area (TPSA) is 77.8 Å². The minimum atomic E-state index is -1.44. The number of alkyl halides is 2. The SMILES string of the molecule is C[C@]12CCC(=O)C=C1CC[C@@H]1[C@@H]2[C@H](O)C[C@@]2(C)[C@H]1CC[C@@]2(O)C(=O)CSc1ccc(N(CCCl)CCCl)cc1. The lowest BCUT2D eigenvalue weighted by atomic mass is 9.45. The Hall–Kier alpha value is -1.05. The lowest BCUT2D eigenvalue weighted by Gasteiger charge is -2.60. The van der Waals surface area contributed by atoms with Crippen LogP contribution in [0.5, 0.6) is 0 Å². The Bertz CT molecular complexity index is 1120. The van der Waals surface area contributed by atoms with Gasteiger partial charge in [0.25, 0.3) is 0 Å². The Balaban J connectivity index is 1.29. The van der Waals surface area contributed by atoms with E-state index in [0.717, 1.165) is 36.3 Å². The second-order valence-corrected chi connectivity index (χ2v) is 14.4. The number of thioether (sulfide) groups is 1. The summed E-state index contributed by atoms with van der Waals surface area (Å²) in [5, 5.41) is 23.6. The molecule has 0 radical (unpaired) electrons. The predicted octanol–water partition coefficient (Wildman–Crippen LogP) is 5.87. The van der Waals surface area contributed by atoms with Crippen molar-refractivity contribution < 1.29 is 19.8 Å². The number of carbonyl (C=O) groups excluding carboxylic acids is 2. The first-order chi connectivity index (χ1) is 18.6. The minimum Gasteiger partial charge on any atom is -0.393 e. The highest BCUT2D eigenvalue weighted by Gasteiger charge is 2.68. The number of benzene rings is 1. The molecule has 0 spiro atoms. The fourth-order valence-electron chi connectivity index (χ4n) is 8.75. The van der Waals surface area contributed by atoms with E-state index in [9.17, 15) is 19.8 Å². The van der Waals surface area contributed by atoms with Gasteiger partial charge in [-0.3, -0.25) is 9.59 Å². The molecule has 8 heteroatoms. The Morgan fingerprint density at radius 2 is 1.77 bits per heavy atom. The van der Waals surface area contributed by atoms with Gasteiger partial charge in [-0.25, -0.2) is 0 Å². The molecule has 7 atom stereocenters. The third kappa shape index (κ3) is 5.01. The summed E-state index contributed by atoms with van der Waals surface area (Å²) >= 11 is 13.3. The fraction of sp³-hybridized carbons (Fsp3) is 0.677. The molecule has 0 saturated heterocycles. The number of allylic oxidation sites excluding steroid dienone is 1. The number of halogens is 2. The number of hydrogen-bond donors (Lipinski definition) is 2. The van der Waals surface area contributed by atoms with Crippen molar-refractivity contribution in [1.82, 2.24) is 0 Å². The summed E-state index contributed by atoms with van der Waals surface area (Å²) in [4.78, 5) is 29.0. The lowest BCUT2D eigenvalue weighted by molar-refractivity contribution is -0.178. The van der Waals surface area contributed by atoms with Gasteiger partial charge in [-0.2, -0.15) is 0 Å². The van der Waals surface area contributed by atoms with E-state index in [1.807, 2.05) is 37.3 Å². The number of nitrogens with zero attached hydrogens (tertiary/aromatic N) is 1. The summed E-state index contributed by atoms with van der Waals surface area (Å²) in [6.07, 6.45) is 6.02. The quantitative estimate of drug-likeness (QED) is 0.275. The van der Waals surface area contributed by atoms with Crippen LogP contribution in [0.25, 0.3) is 0 Å². The number of rotatable bonds is 9. The Morgan fingerprint density at radius 1 is 1.08 bits per heavy atom. The average Bonchev–Trinajstić information content (AvgIpc) is 3.18. The van der Waals surface area contributed by atoms with Crippen molar-refractivity contribution in [3.63, 3.8) is 0 Å². The molecule has 5 rings (SSSR count). The predicted molar refractivity (Wildman–Crippen MR) is 159 cm³/mol. The number of fused-ring (bicyclic) bond motifs is 5. The number of carbonyl (C=O) groups is 2. The van der Waals surface area contributed by atoms with E-state index >= 15 is 0 Å². The van der Waals surface area contributed by atoms with Gasteiger partial charge in [0.15, 0.2) is 11.6 Å². The molecule has 3 fully saturated rings. The first-order valence-corrected chi connectivity index (χ1v) is 16.4. The molecule has 1 aromatic rings. The number of hydrogen-bond acceptors (Lipinski definition) is 6. The molecule has 214 valence electrons. The Labute approximate surface area is 246 Å². The first kappa shape index (κ1) is 29.4. The first-order valence-electron chi connectivity index (χ1n) is 14.3. The molecule has 5 nitrogen and oxygen atoms in total. The summed E-state index contributed by atoms with van der Waals surface area (Å²) in [7, 11) is 0. The summed E-state index contributed by atoms with van der Waals surface area (Å²) in [5.74, 6) is 1.82. The molecule has 1 aromatic carbocycles. The maximum Gasteiger partial charge on any atom is 0.175 e. The molecule has 0 bridgehead atoms. The van der Waals surface area contributed by atoms with Crippen molar-refractivity contribution in [3.8, 4) is 0 Å². The van der Waals surface area contributed by atoms with Crippen molar-refractivity contribution in [1.29, 1.82) is 0 Å². The van der Waals surface area contributed by atoms with Crippen molar-refractivity contribution in [2.45, 2.75) is 75.4 Å². The zero-order valence-electron chi connectivity index (χ0n) is 23.0. The Kier molecular flexibility index (Phi) is 8.55. The third-order valence-electron chi connectivity index (χ3n) is 10.8. The van der Waals surface area contributed by atoms with Crippen LogP contribution in [0.1, 0.15) is 58.8 Å². The minimum absolute atomic E-state index is 0.0752. The second-order valence-electron chi connectivity index (χ2n) is 12.5. The molecule has 4 aliphatic carbocycles. The fourth-order valence-corrected chi connectivity index (χ4v) is 10.0. The highest BCUT2D eigenvalue weighted by atomic mass is 35.5. The molecule has 2 N–H and O–H groups in total. The lowest BCUT2D eigenvalue weighted by Crippen LogP contribution is -2.61. The average molecular weight is 595 g/mol. The normalized spacial score (nSPS) is 37.5. The standard InChI is InChI=1S/C31H41Cl2NO4S/c1-29-11-9-22(35)17-20(29)3-8-24-25-10-12-31(38,30(25,2)18-26(36)28(24)29)27(37)19-39-23-6-4-21(5-7-23)34(15-13-32)16-14-33/h4-7,17,24-26,28,36,38H,3,8-16,18-19H2,1-2H3/t24-,25-,26+,28+,29-,30-,31+/m0/s1. The summed E-state index contributed by atoms with van der Waals surface area (Å²) in [6, 6.07) is 8.06. The van der Waals surface area contributed by atoms with Gasteiger partial charge in [-0.1, -0.05) is 19.4 Å². The highest BCUT2D eigenvalue weighted by molar-refractivity contribution is 8.00. The molecule has 3 saturated carbocycles. The number of Topliss-reactive ketones (excluding diaryl/α,β-unsaturated/α-hetero) is 1. The monoisotopic (exact) mass is 593 g/mol. The Morgan fingerprint density at radius 3 is 2.44 bits per heavy atom. The van der Waals surface area contributed by atoms with Crippen LogP contribution < -0.4 is 4.90 Å². The van der Waals surface area contributed by atoms with Gasteiger partial charge in [-0.05, 0) is 92.0 Å². The van der Waals surface area contributed by atoms with Crippen LogP contribution in [0.4, 0.5) is 5.69 Å². The van der Waals surface area contributed by atoms with Crippen molar-refractivity contribution >= 4 is 52.2 Å². The highest BCUT2D eigenvalue weighted by Crippen LogP contribution is 2.67. The molecule has 39 heavy (non-hydrogen) atoms. The maximum absolute atomic E-state index is 13.7. The molecule has 4 aliphatic rings. The molecule has 0 amide bonds. The van der Waals surface area contributed by atoms with Crippen LogP contribution in [0.15, 0.2) is 40.8 Å². The van der Waals surface area contributed by atoms with Gasteiger partial charge < -0.3 is 15.1 Å². The molecular formula is C31H41Cl2NO4S. The van der Waals surface area contributed by atoms with Gasteiger partial charge in [0.05, 0.1) is 11.9 Å². The molecule has 0 aromatic heterocycles. The van der Waals surface area contributed by atoms with Crippen LogP contribution in [-0.4, -0.2) is 64.1 Å². The van der Waals surface area contributed by atoms with Gasteiger partial charge in [-0.15, -0.1) is 35.0 Å². The van der Waals surface area contributed by atoms with Gasteiger partial charge in [0, 0.05) is 47.3 Å². The van der Waals surface area contributed by atoms with E-state index in [-0.39, 0.29) is 40.5 Å². The third-order valence-corrected chi connectivity index (χ3v) is 12.1. The largest absolute Gasteiger partial charge is 0.393 e. The summed E-state index contributed by atoms with van der Waals surface area (Å²) in [6.45, 7) is 5.71. The van der Waals surface area contributed by atoms with Crippen LogP contribution in [0.2, 0.25) is 0 Å². The van der Waals surface area contributed by atoms with Crippen LogP contribution >= 0.6 is 35.0 Å². The van der Waals surface area contributed by atoms with Crippen molar-refractivity contribution in [2.24, 2.45) is 28.6 Å². The number of ketones is 2. The molecule has 0 aliphatic heterocycles. The zero-order chi connectivity index (χ0) is 28.0. The van der Waals surface area contributed by atoms with E-state index in [4.69, 9.17) is 23.2 Å². The second kappa shape index (κ2) is 11.3. The summed E-state index contributed by atoms with van der Waals surface area (Å²) < 4.78 is 0. The number of aliphatic hydroxyl groups is 2. The molecule has 0 heterocycles. The van der Waals surface area contributed by atoms with E-state index in [2.05, 4.69) is 11.8 Å². The van der Waals surface area contributed by atoms with Crippen LogP contribution in [-0.2, 0) is 9.59 Å². The van der Waals surface area contributed by atoms with E-state index in [1.54, 1.807) is 0 Å². The zero-order valence-corrected chi connectivity index (χ0v) is 25.3. The number of anilines is 1. The van der Waals surface area contributed by atoms with Gasteiger partial charge >= 0.3 is 0 Å². The van der Waals surface area contributed by atoms with Gasteiger partial charge in [0.2, 0.25) is 0 Å². The van der Waals surface area contributed by atoms with Gasteiger partial charge in [0.1, 0.15) is 5.60 Å². The van der Waals surface area contributed by atoms with Crippen LogP contribution in [0, 0.1) is 28.6 Å². The maximum atomic E-state index is 13.7. The number of aliphatic hydroxyl groups excluding tert-OH is 1. The van der Waals surface area contributed by atoms with Crippen LogP contribution in [0.3, 0.4) is 0 Å². The van der Waals surface area contributed by atoms with E-state index in [1.165, 1.54) is 17.3 Å². The molecule has 0 unspecified atom stereocenters. The van der Waals surface area contributed by atoms with E-state index in [0.29, 0.717) is 44.1 Å². The van der Waals surface area contributed by atoms with Crippen molar-refractivity contribution in [2.75, 3.05) is 35.5 Å². The smallest absolute Gasteiger partial charge is 0.175 e. The van der Waals surface area contributed by atoms with Crippen molar-refractivity contribution in [3.05, 3.63) is 35.9 Å². The van der Waals surface area contributed by atoms with E-state index < -0.39 is 17.1 Å².